The van der Waals surface area contributed by atoms with Gasteiger partial charge in [0.2, 0.25) is 5.91 Å². The lowest BCUT2D eigenvalue weighted by atomic mass is 10.1. The van der Waals surface area contributed by atoms with Crippen molar-refractivity contribution in [1.29, 1.82) is 0 Å². The number of aliphatic carboxylic acids is 1. The SMILES string of the molecule is C=CCC(N=C(/C=C(\CC)C(=O)O)C(F)(F)F)OCCC(=O)Nc1ccc(F)cc1. The predicted octanol–water partition coefficient (Wildman–Crippen LogP) is 4.50. The van der Waals surface area contributed by atoms with Gasteiger partial charge in [-0.2, -0.15) is 13.2 Å². The van der Waals surface area contributed by atoms with Crippen molar-refractivity contribution >= 4 is 23.3 Å². The minimum absolute atomic E-state index is 0.0818. The number of aliphatic imine (C=N–C) groups is 1. The molecule has 0 saturated carbocycles. The summed E-state index contributed by atoms with van der Waals surface area (Å²) >= 11 is 0. The Morgan fingerprint density at radius 2 is 1.93 bits per heavy atom. The maximum atomic E-state index is 13.3. The Labute approximate surface area is 170 Å². The maximum absolute atomic E-state index is 13.3. The van der Waals surface area contributed by atoms with Crippen molar-refractivity contribution < 1.29 is 37.0 Å². The Hall–Kier alpha value is -3.01. The zero-order valence-corrected chi connectivity index (χ0v) is 16.2. The third-order valence-electron chi connectivity index (χ3n) is 3.68. The van der Waals surface area contributed by atoms with Crippen molar-refractivity contribution in [2.24, 2.45) is 4.99 Å². The number of carboxylic acid groups (broad SMARTS) is 1. The largest absolute Gasteiger partial charge is 0.478 e. The summed E-state index contributed by atoms with van der Waals surface area (Å²) in [5.41, 5.74) is -1.50. The van der Waals surface area contributed by atoms with Crippen LogP contribution >= 0.6 is 0 Å². The molecular weight excluding hydrogens is 408 g/mol. The molecule has 2 N–H and O–H groups in total. The van der Waals surface area contributed by atoms with E-state index in [-0.39, 0.29) is 25.9 Å². The number of halogens is 4. The molecule has 0 bridgehead atoms. The predicted molar refractivity (Wildman–Crippen MR) is 104 cm³/mol. The molecule has 0 heterocycles. The minimum Gasteiger partial charge on any atom is -0.478 e. The molecule has 0 radical (unpaired) electrons. The number of allylic oxidation sites excluding steroid dienone is 1. The molecule has 1 amide bonds. The number of nitrogens with zero attached hydrogens (tertiary/aromatic N) is 1. The highest BCUT2D eigenvalue weighted by atomic mass is 19.4. The summed E-state index contributed by atoms with van der Waals surface area (Å²) in [5, 5.41) is 11.5. The Balaban J connectivity index is 2.82. The monoisotopic (exact) mass is 430 g/mol. The molecule has 10 heteroatoms. The number of benzene rings is 1. The standard InChI is InChI=1S/C20H22F4N2O4/c1-3-5-18(26-16(20(22,23)24)12-13(4-2)19(28)29)30-11-10-17(27)25-15-8-6-14(21)7-9-15/h3,6-9,12,18H,1,4-5,10-11H2,2H3,(H,25,27)(H,28,29)/b13-12+,26-16?. The fraction of sp³-hybridized carbons (Fsp3) is 0.350. The van der Waals surface area contributed by atoms with Crippen molar-refractivity contribution in [3.8, 4) is 0 Å². The molecule has 0 saturated heterocycles. The third kappa shape index (κ3) is 8.99. The number of carbonyl (C=O) groups is 2. The quantitative estimate of drug-likeness (QED) is 0.234. The topological polar surface area (TPSA) is 88.0 Å². The van der Waals surface area contributed by atoms with Gasteiger partial charge in [-0.3, -0.25) is 4.79 Å². The first-order valence-corrected chi connectivity index (χ1v) is 8.93. The molecule has 0 fully saturated rings. The van der Waals surface area contributed by atoms with Crippen LogP contribution in [0, 0.1) is 5.82 Å². The number of hydrogen-bond acceptors (Lipinski definition) is 4. The fourth-order valence-corrected chi connectivity index (χ4v) is 2.17. The summed E-state index contributed by atoms with van der Waals surface area (Å²) in [4.78, 5) is 26.4. The number of anilines is 1. The number of ether oxygens (including phenoxy) is 1. The van der Waals surface area contributed by atoms with Crippen LogP contribution in [0.4, 0.5) is 23.2 Å². The molecule has 30 heavy (non-hydrogen) atoms. The van der Waals surface area contributed by atoms with Crippen molar-refractivity contribution in [3.63, 3.8) is 0 Å². The van der Waals surface area contributed by atoms with Crippen molar-refractivity contribution in [3.05, 3.63) is 54.4 Å². The van der Waals surface area contributed by atoms with Crippen LogP contribution in [0.5, 0.6) is 0 Å². The summed E-state index contributed by atoms with van der Waals surface area (Å²) in [6, 6.07) is 5.03. The Morgan fingerprint density at radius 3 is 2.43 bits per heavy atom. The van der Waals surface area contributed by atoms with Gasteiger partial charge in [-0.05, 0) is 36.8 Å². The van der Waals surface area contributed by atoms with Crippen LogP contribution in [0.15, 0.2) is 53.6 Å². The van der Waals surface area contributed by atoms with Gasteiger partial charge in [0.15, 0.2) is 6.23 Å². The highest BCUT2D eigenvalue weighted by Crippen LogP contribution is 2.22. The third-order valence-corrected chi connectivity index (χ3v) is 3.68. The number of rotatable bonds is 11. The number of hydrogen-bond donors (Lipinski definition) is 2. The molecule has 0 aliphatic carbocycles. The Bertz CT molecular complexity index is 802. The fourth-order valence-electron chi connectivity index (χ4n) is 2.17. The van der Waals surface area contributed by atoms with E-state index in [9.17, 15) is 27.2 Å². The number of carbonyl (C=O) groups excluding carboxylic acids is 1. The van der Waals surface area contributed by atoms with Gasteiger partial charge in [-0.1, -0.05) is 13.0 Å². The molecule has 0 spiro atoms. The number of nitrogens with one attached hydrogen (secondary N) is 1. The van der Waals surface area contributed by atoms with Gasteiger partial charge >= 0.3 is 12.1 Å². The molecule has 1 rings (SSSR count). The van der Waals surface area contributed by atoms with Crippen LogP contribution in [-0.4, -0.2) is 41.7 Å². The highest BCUT2D eigenvalue weighted by Gasteiger charge is 2.35. The second-order valence-corrected chi connectivity index (χ2v) is 6.00. The van der Waals surface area contributed by atoms with Gasteiger partial charge in [0.25, 0.3) is 0 Å². The lowest BCUT2D eigenvalue weighted by molar-refractivity contribution is -0.132. The van der Waals surface area contributed by atoms with E-state index in [1.165, 1.54) is 25.1 Å². The van der Waals surface area contributed by atoms with Crippen LogP contribution < -0.4 is 5.32 Å². The second-order valence-electron chi connectivity index (χ2n) is 6.00. The van der Waals surface area contributed by atoms with Crippen molar-refractivity contribution in [2.75, 3.05) is 11.9 Å². The molecule has 1 aromatic rings. The summed E-state index contributed by atoms with van der Waals surface area (Å²) in [6.07, 6.45) is -4.83. The normalized spacial score (nSPS) is 13.6. The summed E-state index contributed by atoms with van der Waals surface area (Å²) in [7, 11) is 0. The molecule has 0 aliphatic heterocycles. The van der Waals surface area contributed by atoms with Crippen LogP contribution in [0.1, 0.15) is 26.2 Å². The lowest BCUT2D eigenvalue weighted by Gasteiger charge is -2.15. The van der Waals surface area contributed by atoms with Gasteiger partial charge in [-0.25, -0.2) is 14.2 Å². The van der Waals surface area contributed by atoms with Crippen LogP contribution in [-0.2, 0) is 14.3 Å². The molecule has 1 unspecified atom stereocenters. The summed E-state index contributed by atoms with van der Waals surface area (Å²) in [6.45, 7) is 4.59. The first-order chi connectivity index (χ1) is 14.1. The zero-order valence-electron chi connectivity index (χ0n) is 16.2. The van der Waals surface area contributed by atoms with Gasteiger partial charge in [0.05, 0.1) is 13.0 Å². The van der Waals surface area contributed by atoms with Gasteiger partial charge < -0.3 is 15.2 Å². The van der Waals surface area contributed by atoms with E-state index in [2.05, 4.69) is 16.9 Å². The van der Waals surface area contributed by atoms with Crippen LogP contribution in [0.25, 0.3) is 0 Å². The maximum Gasteiger partial charge on any atom is 0.433 e. The van der Waals surface area contributed by atoms with Gasteiger partial charge in [-0.15, -0.1) is 6.58 Å². The molecule has 6 nitrogen and oxygen atoms in total. The van der Waals surface area contributed by atoms with E-state index >= 15 is 0 Å². The smallest absolute Gasteiger partial charge is 0.433 e. The Kier molecular flexibility index (Phi) is 9.90. The van der Waals surface area contributed by atoms with Gasteiger partial charge in [0, 0.05) is 17.7 Å². The summed E-state index contributed by atoms with van der Waals surface area (Å²) in [5.74, 6) is -2.43. The molecule has 0 aromatic heterocycles. The number of carboxylic acids is 1. The molecule has 1 aromatic carbocycles. The van der Waals surface area contributed by atoms with Crippen LogP contribution in [0.2, 0.25) is 0 Å². The highest BCUT2D eigenvalue weighted by molar-refractivity contribution is 6.04. The van der Waals surface area contributed by atoms with E-state index in [4.69, 9.17) is 9.84 Å². The molecule has 0 aliphatic rings. The van der Waals surface area contributed by atoms with Crippen LogP contribution in [0.3, 0.4) is 0 Å². The van der Waals surface area contributed by atoms with E-state index in [1.54, 1.807) is 0 Å². The average Bonchev–Trinajstić information content (AvgIpc) is 2.65. The average molecular weight is 430 g/mol. The van der Waals surface area contributed by atoms with E-state index in [1.807, 2.05) is 0 Å². The number of alkyl halides is 3. The van der Waals surface area contributed by atoms with E-state index < -0.39 is 41.4 Å². The van der Waals surface area contributed by atoms with Gasteiger partial charge in [0.1, 0.15) is 11.5 Å². The van der Waals surface area contributed by atoms with Crippen molar-refractivity contribution in [1.82, 2.24) is 0 Å². The first kappa shape index (κ1) is 25.0. The first-order valence-electron chi connectivity index (χ1n) is 8.93. The van der Waals surface area contributed by atoms with E-state index in [0.29, 0.717) is 11.8 Å². The van der Waals surface area contributed by atoms with E-state index in [0.717, 1.165) is 12.1 Å². The molecule has 1 atom stereocenters. The number of amides is 1. The molecule has 164 valence electrons. The lowest BCUT2D eigenvalue weighted by Crippen LogP contribution is -2.26. The second kappa shape index (κ2) is 11.9. The minimum atomic E-state index is -4.89. The molecular formula is C20H22F4N2O4. The Morgan fingerprint density at radius 1 is 1.30 bits per heavy atom. The summed E-state index contributed by atoms with van der Waals surface area (Å²) < 4.78 is 57.9. The van der Waals surface area contributed by atoms with Crippen molar-refractivity contribution in [2.45, 2.75) is 38.6 Å². The zero-order chi connectivity index (χ0) is 22.7.